The van der Waals surface area contributed by atoms with E-state index in [-0.39, 0.29) is 23.7 Å². The first kappa shape index (κ1) is 22.6. The first-order valence-electron chi connectivity index (χ1n) is 11.6. The molecule has 1 aromatic carbocycles. The Morgan fingerprint density at radius 2 is 1.88 bits per heavy atom. The maximum atomic E-state index is 13.7. The third-order valence-electron chi connectivity index (χ3n) is 6.76. The fourth-order valence-electron chi connectivity index (χ4n) is 4.93. The van der Waals surface area contributed by atoms with Crippen LogP contribution in [0.5, 0.6) is 5.75 Å². The van der Waals surface area contributed by atoms with Crippen LogP contribution in [0.2, 0.25) is 5.15 Å². The van der Waals surface area contributed by atoms with E-state index in [1.165, 1.54) is 0 Å². The average Bonchev–Trinajstić information content (AvgIpc) is 3.07. The monoisotopic (exact) mass is 480 g/mol. The van der Waals surface area contributed by atoms with Crippen LogP contribution in [0.4, 0.5) is 17.2 Å². The summed E-state index contributed by atoms with van der Waals surface area (Å²) in [6.07, 6.45) is 6.15. The van der Waals surface area contributed by atoms with Crippen molar-refractivity contribution in [3.8, 4) is 5.75 Å². The standard InChI is InChI=1S/C25H29ClN6O2/c1-15-23-22(25(34)31(2)30-20-6-4-3-5-19(20)29-23)24(28-17-8-10-18(33)11-9-17)32(15)14-16-7-12-21(26)27-13-16/h7-13,19-20,28-30,33H,3-6,14H2,1-2H3. The molecule has 4 N–H and O–H groups in total. The number of pyridine rings is 1. The minimum Gasteiger partial charge on any atom is -0.508 e. The number of rotatable bonds is 4. The quantitative estimate of drug-likeness (QED) is 0.320. The molecule has 34 heavy (non-hydrogen) atoms. The van der Waals surface area contributed by atoms with Crippen molar-refractivity contribution in [2.75, 3.05) is 17.7 Å². The lowest BCUT2D eigenvalue weighted by atomic mass is 9.90. The van der Waals surface area contributed by atoms with Crippen LogP contribution in [0.1, 0.15) is 47.3 Å². The van der Waals surface area contributed by atoms with E-state index in [1.54, 1.807) is 48.6 Å². The molecule has 1 fully saturated rings. The third kappa shape index (κ3) is 4.31. The fraction of sp³-hybridized carbons (Fsp3) is 0.360. The topological polar surface area (TPSA) is 94.5 Å². The second-order valence-electron chi connectivity index (χ2n) is 9.07. The zero-order valence-corrected chi connectivity index (χ0v) is 20.1. The van der Waals surface area contributed by atoms with Crippen molar-refractivity contribution in [3.63, 3.8) is 0 Å². The number of carbonyl (C=O) groups excluding carboxylic acids is 1. The number of phenolic OH excluding ortho intramolecular Hbond substituents is 1. The summed E-state index contributed by atoms with van der Waals surface area (Å²) in [5.41, 5.74) is 7.59. The van der Waals surface area contributed by atoms with Crippen molar-refractivity contribution in [3.05, 3.63) is 64.6 Å². The molecule has 1 amide bonds. The van der Waals surface area contributed by atoms with E-state index in [1.807, 2.05) is 13.0 Å². The van der Waals surface area contributed by atoms with Gasteiger partial charge in [0.05, 0.1) is 12.2 Å². The average molecular weight is 481 g/mol. The summed E-state index contributed by atoms with van der Waals surface area (Å²) in [5.74, 6) is 0.766. The third-order valence-corrected chi connectivity index (χ3v) is 6.98. The summed E-state index contributed by atoms with van der Waals surface area (Å²) >= 11 is 6.00. The van der Waals surface area contributed by atoms with E-state index in [4.69, 9.17) is 11.6 Å². The zero-order chi connectivity index (χ0) is 23.8. The first-order chi connectivity index (χ1) is 16.4. The Labute approximate surface area is 203 Å². The molecule has 0 saturated heterocycles. The van der Waals surface area contributed by atoms with E-state index in [9.17, 15) is 9.90 Å². The molecule has 1 aliphatic heterocycles. The molecule has 5 rings (SSSR count). The van der Waals surface area contributed by atoms with Crippen LogP contribution < -0.4 is 16.1 Å². The van der Waals surface area contributed by atoms with Crippen LogP contribution >= 0.6 is 11.6 Å². The molecule has 0 bridgehead atoms. The van der Waals surface area contributed by atoms with Crippen LogP contribution in [-0.4, -0.2) is 44.7 Å². The fourth-order valence-corrected chi connectivity index (χ4v) is 5.04. The molecular weight excluding hydrogens is 452 g/mol. The highest BCUT2D eigenvalue weighted by Crippen LogP contribution is 2.38. The van der Waals surface area contributed by atoms with Gasteiger partial charge in [0.1, 0.15) is 22.3 Å². The van der Waals surface area contributed by atoms with Crippen LogP contribution in [0.3, 0.4) is 0 Å². The second kappa shape index (κ2) is 9.19. The molecule has 0 radical (unpaired) electrons. The minimum atomic E-state index is -0.108. The number of halogens is 1. The predicted octanol–water partition coefficient (Wildman–Crippen LogP) is 4.66. The van der Waals surface area contributed by atoms with Gasteiger partial charge in [-0.15, -0.1) is 0 Å². The van der Waals surface area contributed by atoms with Gasteiger partial charge >= 0.3 is 0 Å². The Balaban J connectivity index is 1.63. The minimum absolute atomic E-state index is 0.108. The van der Waals surface area contributed by atoms with Crippen molar-refractivity contribution < 1.29 is 9.90 Å². The SMILES string of the molecule is Cc1c2c(c(Nc3ccc(O)cc3)n1Cc1ccc(Cl)nc1)C(=O)N(C)NC1CCCCC1N2. The number of anilines is 3. The van der Waals surface area contributed by atoms with Gasteiger partial charge in [-0.1, -0.05) is 30.5 Å². The Kier molecular flexibility index (Phi) is 6.10. The van der Waals surface area contributed by atoms with Gasteiger partial charge in [0.15, 0.2) is 0 Å². The lowest BCUT2D eigenvalue weighted by molar-refractivity contribution is 0.0652. The van der Waals surface area contributed by atoms with Gasteiger partial charge in [0.25, 0.3) is 5.91 Å². The van der Waals surface area contributed by atoms with Crippen molar-refractivity contribution in [2.24, 2.45) is 0 Å². The maximum absolute atomic E-state index is 13.7. The molecule has 8 nitrogen and oxygen atoms in total. The number of nitrogens with zero attached hydrogens (tertiary/aromatic N) is 3. The number of phenols is 1. The van der Waals surface area contributed by atoms with Crippen molar-refractivity contribution in [2.45, 2.75) is 51.2 Å². The second-order valence-corrected chi connectivity index (χ2v) is 9.45. The van der Waals surface area contributed by atoms with E-state index >= 15 is 0 Å². The van der Waals surface area contributed by atoms with Gasteiger partial charge < -0.3 is 20.3 Å². The summed E-state index contributed by atoms with van der Waals surface area (Å²) in [6.45, 7) is 2.56. The van der Waals surface area contributed by atoms with Gasteiger partial charge in [0.2, 0.25) is 0 Å². The lowest BCUT2D eigenvalue weighted by Gasteiger charge is -2.38. The largest absolute Gasteiger partial charge is 0.508 e. The molecule has 2 unspecified atom stereocenters. The maximum Gasteiger partial charge on any atom is 0.273 e. The van der Waals surface area contributed by atoms with E-state index in [0.717, 1.165) is 48.3 Å². The number of aromatic nitrogens is 2. The highest BCUT2D eigenvalue weighted by atomic mass is 35.5. The van der Waals surface area contributed by atoms with E-state index in [2.05, 4.69) is 25.6 Å². The number of hydrogen-bond donors (Lipinski definition) is 4. The van der Waals surface area contributed by atoms with Crippen LogP contribution in [-0.2, 0) is 6.54 Å². The van der Waals surface area contributed by atoms with E-state index in [0.29, 0.717) is 23.1 Å². The number of hydrogen-bond acceptors (Lipinski definition) is 6. The molecule has 3 aromatic rings. The Morgan fingerprint density at radius 3 is 2.59 bits per heavy atom. The molecule has 0 spiro atoms. The summed E-state index contributed by atoms with van der Waals surface area (Å²) in [6, 6.07) is 11.0. The molecule has 178 valence electrons. The molecule has 1 aliphatic carbocycles. The summed E-state index contributed by atoms with van der Waals surface area (Å²) in [5, 5.41) is 18.9. The number of carbonyl (C=O) groups is 1. The smallest absolute Gasteiger partial charge is 0.273 e. The highest BCUT2D eigenvalue weighted by molar-refractivity contribution is 6.29. The van der Waals surface area contributed by atoms with Gasteiger partial charge in [0, 0.05) is 36.7 Å². The Bertz CT molecular complexity index is 1190. The number of hydrazine groups is 1. The van der Waals surface area contributed by atoms with Gasteiger partial charge in [-0.05, 0) is 55.7 Å². The highest BCUT2D eigenvalue weighted by Gasteiger charge is 2.36. The molecule has 9 heteroatoms. The Hall–Kier alpha value is -3.23. The Morgan fingerprint density at radius 1 is 1.15 bits per heavy atom. The number of fused-ring (bicyclic) bond motifs is 2. The first-order valence-corrected chi connectivity index (χ1v) is 12.0. The molecular formula is C25H29ClN6O2. The van der Waals surface area contributed by atoms with Crippen LogP contribution in [0.15, 0.2) is 42.6 Å². The number of aromatic hydroxyl groups is 1. The van der Waals surface area contributed by atoms with Crippen molar-refractivity contribution in [1.29, 1.82) is 0 Å². The van der Waals surface area contributed by atoms with E-state index < -0.39 is 0 Å². The summed E-state index contributed by atoms with van der Waals surface area (Å²) in [4.78, 5) is 17.9. The van der Waals surface area contributed by atoms with Crippen molar-refractivity contribution in [1.82, 2.24) is 20.0 Å². The molecule has 1 saturated carbocycles. The predicted molar refractivity (Wildman–Crippen MR) is 134 cm³/mol. The van der Waals surface area contributed by atoms with Crippen molar-refractivity contribution >= 4 is 34.7 Å². The number of nitrogens with one attached hydrogen (secondary N) is 3. The van der Waals surface area contributed by atoms with Gasteiger partial charge in [-0.2, -0.15) is 0 Å². The van der Waals surface area contributed by atoms with Crippen LogP contribution in [0, 0.1) is 6.92 Å². The molecule has 2 aliphatic rings. The summed E-state index contributed by atoms with van der Waals surface area (Å²) in [7, 11) is 1.79. The normalized spacial score (nSPS) is 20.1. The van der Waals surface area contributed by atoms with Gasteiger partial charge in [-0.25, -0.2) is 10.4 Å². The molecule has 2 aromatic heterocycles. The summed E-state index contributed by atoms with van der Waals surface area (Å²) < 4.78 is 2.10. The molecule has 3 heterocycles. The van der Waals surface area contributed by atoms with Gasteiger partial charge in [-0.3, -0.25) is 9.80 Å². The number of benzene rings is 1. The number of amides is 1. The lowest BCUT2D eigenvalue weighted by Crippen LogP contribution is -2.55. The zero-order valence-electron chi connectivity index (χ0n) is 19.3. The molecule has 2 atom stereocenters. The van der Waals surface area contributed by atoms with Crippen LogP contribution in [0.25, 0.3) is 0 Å².